The van der Waals surface area contributed by atoms with Gasteiger partial charge in [-0.25, -0.2) is 9.59 Å². The van der Waals surface area contributed by atoms with E-state index < -0.39 is 11.9 Å². The van der Waals surface area contributed by atoms with Gasteiger partial charge in [-0.05, 0) is 55.3 Å². The number of methoxy groups -OCH3 is 2. The molecule has 7 nitrogen and oxygen atoms in total. The summed E-state index contributed by atoms with van der Waals surface area (Å²) < 4.78 is 15.0. The van der Waals surface area contributed by atoms with E-state index in [0.717, 1.165) is 5.56 Å². The highest BCUT2D eigenvalue weighted by molar-refractivity contribution is 6.30. The van der Waals surface area contributed by atoms with E-state index in [4.69, 9.17) is 21.1 Å². The smallest absolute Gasteiger partial charge is 0.339 e. The minimum Gasteiger partial charge on any atom is -0.493 e. The lowest BCUT2D eigenvalue weighted by atomic mass is 10.1. The number of aryl methyl sites for hydroxylation is 1. The van der Waals surface area contributed by atoms with E-state index in [2.05, 4.69) is 10.1 Å². The normalized spacial score (nSPS) is 10.2. The molecule has 154 valence electrons. The fraction of sp³-hybridized carbons (Fsp3) is 0.286. The lowest BCUT2D eigenvalue weighted by molar-refractivity contribution is -0.116. The van der Waals surface area contributed by atoms with Gasteiger partial charge in [-0.1, -0.05) is 11.6 Å². The Balaban J connectivity index is 1.97. The molecular formula is C21H22ClNO6. The molecule has 0 aliphatic heterocycles. The molecule has 2 aromatic carbocycles. The fourth-order valence-corrected chi connectivity index (χ4v) is 2.81. The third-order valence-corrected chi connectivity index (χ3v) is 4.30. The highest BCUT2D eigenvalue weighted by atomic mass is 35.5. The van der Waals surface area contributed by atoms with Gasteiger partial charge in [0.05, 0.1) is 37.6 Å². The zero-order valence-electron chi connectivity index (χ0n) is 16.4. The highest BCUT2D eigenvalue weighted by Crippen LogP contribution is 2.22. The van der Waals surface area contributed by atoms with E-state index in [1.165, 1.54) is 32.4 Å². The van der Waals surface area contributed by atoms with Crippen LogP contribution in [0.15, 0.2) is 36.4 Å². The van der Waals surface area contributed by atoms with Gasteiger partial charge >= 0.3 is 11.9 Å². The number of ether oxygens (including phenoxy) is 3. The van der Waals surface area contributed by atoms with Gasteiger partial charge in [0.1, 0.15) is 5.75 Å². The van der Waals surface area contributed by atoms with Crippen molar-refractivity contribution in [1.82, 2.24) is 0 Å². The number of rotatable bonds is 8. The van der Waals surface area contributed by atoms with Gasteiger partial charge in [0.25, 0.3) is 0 Å². The zero-order chi connectivity index (χ0) is 21.4. The molecule has 0 aliphatic carbocycles. The van der Waals surface area contributed by atoms with E-state index in [1.807, 2.05) is 6.92 Å². The van der Waals surface area contributed by atoms with Gasteiger partial charge in [-0.15, -0.1) is 0 Å². The molecule has 2 aromatic rings. The summed E-state index contributed by atoms with van der Waals surface area (Å²) in [5.41, 5.74) is 1.43. The van der Waals surface area contributed by atoms with Gasteiger partial charge in [-0.3, -0.25) is 4.79 Å². The Morgan fingerprint density at radius 1 is 1.00 bits per heavy atom. The van der Waals surface area contributed by atoms with Gasteiger partial charge in [0.15, 0.2) is 0 Å². The van der Waals surface area contributed by atoms with E-state index in [1.54, 1.807) is 18.2 Å². The number of carbonyl (C=O) groups is 3. The minimum atomic E-state index is -0.627. The van der Waals surface area contributed by atoms with Gasteiger partial charge in [0.2, 0.25) is 5.91 Å². The summed E-state index contributed by atoms with van der Waals surface area (Å²) in [5.74, 6) is -0.830. The predicted molar refractivity (Wildman–Crippen MR) is 109 cm³/mol. The van der Waals surface area contributed by atoms with Crippen LogP contribution in [0.2, 0.25) is 5.02 Å². The average Bonchev–Trinajstić information content (AvgIpc) is 2.71. The minimum absolute atomic E-state index is 0.140. The van der Waals surface area contributed by atoms with Crippen LogP contribution in [-0.2, 0) is 14.3 Å². The third kappa shape index (κ3) is 6.22. The number of hydrogen-bond acceptors (Lipinski definition) is 6. The molecule has 1 amide bonds. The standard InChI is InChI=1S/C21H22ClNO6/c1-13-11-15(22)7-9-18(13)29-10-4-5-19(24)23-17-12-14(20(25)27-2)6-8-16(17)21(26)28-3/h6-9,11-12H,4-5,10H2,1-3H3,(H,23,24). The Morgan fingerprint density at radius 3 is 2.38 bits per heavy atom. The Hall–Kier alpha value is -3.06. The summed E-state index contributed by atoms with van der Waals surface area (Å²) in [7, 11) is 2.48. The van der Waals surface area contributed by atoms with Crippen molar-refractivity contribution in [1.29, 1.82) is 0 Å². The number of amides is 1. The number of nitrogens with one attached hydrogen (secondary N) is 1. The monoisotopic (exact) mass is 419 g/mol. The number of anilines is 1. The Labute approximate surface area is 173 Å². The summed E-state index contributed by atoms with van der Waals surface area (Å²) in [6.45, 7) is 2.22. The van der Waals surface area contributed by atoms with Crippen LogP contribution >= 0.6 is 11.6 Å². The van der Waals surface area contributed by atoms with E-state index >= 15 is 0 Å². The molecule has 0 aromatic heterocycles. The quantitative estimate of drug-likeness (QED) is 0.513. The van der Waals surface area contributed by atoms with E-state index in [0.29, 0.717) is 23.8 Å². The first-order chi connectivity index (χ1) is 13.8. The summed E-state index contributed by atoms with van der Waals surface area (Å²) >= 11 is 5.91. The summed E-state index contributed by atoms with van der Waals surface area (Å²) in [6, 6.07) is 9.52. The number of halogens is 1. The average molecular weight is 420 g/mol. The second kappa shape index (κ2) is 10.5. The maximum absolute atomic E-state index is 12.3. The third-order valence-electron chi connectivity index (χ3n) is 4.06. The molecule has 0 unspecified atom stereocenters. The molecule has 8 heteroatoms. The molecule has 0 atom stereocenters. The molecule has 0 heterocycles. The molecule has 0 radical (unpaired) electrons. The maximum atomic E-state index is 12.3. The van der Waals surface area contributed by atoms with Crippen molar-refractivity contribution in [2.45, 2.75) is 19.8 Å². The molecule has 0 saturated heterocycles. The van der Waals surface area contributed by atoms with Crippen LogP contribution in [0.5, 0.6) is 5.75 Å². The second-order valence-corrected chi connectivity index (χ2v) is 6.59. The molecule has 0 bridgehead atoms. The van der Waals surface area contributed by atoms with Crippen LogP contribution in [0.1, 0.15) is 39.1 Å². The molecular weight excluding hydrogens is 398 g/mol. The number of carbonyl (C=O) groups excluding carboxylic acids is 3. The predicted octanol–water partition coefficient (Wildman–Crippen LogP) is 4.02. The van der Waals surface area contributed by atoms with Gasteiger partial charge in [-0.2, -0.15) is 0 Å². The molecule has 0 aliphatic rings. The summed E-state index contributed by atoms with van der Waals surface area (Å²) in [6.07, 6.45) is 0.619. The number of benzene rings is 2. The van der Waals surface area contributed by atoms with Crippen LogP contribution in [0.3, 0.4) is 0 Å². The van der Waals surface area contributed by atoms with Gasteiger partial charge in [0, 0.05) is 11.4 Å². The first-order valence-electron chi connectivity index (χ1n) is 8.85. The van der Waals surface area contributed by atoms with Crippen molar-refractivity contribution in [2.75, 3.05) is 26.1 Å². The Kier molecular flexibility index (Phi) is 8.03. The van der Waals surface area contributed by atoms with E-state index in [9.17, 15) is 14.4 Å². The van der Waals surface area contributed by atoms with Crippen molar-refractivity contribution < 1.29 is 28.6 Å². The van der Waals surface area contributed by atoms with Gasteiger partial charge < -0.3 is 19.5 Å². The van der Waals surface area contributed by atoms with Crippen molar-refractivity contribution in [2.24, 2.45) is 0 Å². The number of esters is 2. The first kappa shape index (κ1) is 22.2. The van der Waals surface area contributed by atoms with Crippen LogP contribution < -0.4 is 10.1 Å². The summed E-state index contributed by atoms with van der Waals surface area (Å²) in [5, 5.41) is 3.27. The lowest BCUT2D eigenvalue weighted by Crippen LogP contribution is -2.17. The highest BCUT2D eigenvalue weighted by Gasteiger charge is 2.17. The topological polar surface area (TPSA) is 90.9 Å². The molecule has 0 spiro atoms. The first-order valence-corrected chi connectivity index (χ1v) is 9.23. The molecule has 29 heavy (non-hydrogen) atoms. The summed E-state index contributed by atoms with van der Waals surface area (Å²) in [4.78, 5) is 35.9. The Morgan fingerprint density at radius 2 is 1.72 bits per heavy atom. The lowest BCUT2D eigenvalue weighted by Gasteiger charge is -2.12. The largest absolute Gasteiger partial charge is 0.493 e. The van der Waals surface area contributed by atoms with Crippen molar-refractivity contribution in [3.63, 3.8) is 0 Å². The Bertz CT molecular complexity index is 912. The van der Waals surface area contributed by atoms with E-state index in [-0.39, 0.29) is 29.1 Å². The molecule has 0 fully saturated rings. The van der Waals surface area contributed by atoms with Crippen molar-refractivity contribution in [3.05, 3.63) is 58.1 Å². The zero-order valence-corrected chi connectivity index (χ0v) is 17.2. The fourth-order valence-electron chi connectivity index (χ4n) is 2.58. The number of hydrogen-bond donors (Lipinski definition) is 1. The van der Waals surface area contributed by atoms with Crippen molar-refractivity contribution >= 4 is 35.1 Å². The van der Waals surface area contributed by atoms with Crippen LogP contribution in [0.4, 0.5) is 5.69 Å². The van der Waals surface area contributed by atoms with Crippen LogP contribution in [-0.4, -0.2) is 38.7 Å². The van der Waals surface area contributed by atoms with Crippen LogP contribution in [0, 0.1) is 6.92 Å². The molecule has 0 saturated carbocycles. The van der Waals surface area contributed by atoms with Crippen molar-refractivity contribution in [3.8, 4) is 5.75 Å². The maximum Gasteiger partial charge on any atom is 0.339 e. The second-order valence-electron chi connectivity index (χ2n) is 6.15. The molecule has 1 N–H and O–H groups in total. The van der Waals surface area contributed by atoms with Crippen LogP contribution in [0.25, 0.3) is 0 Å². The molecule has 2 rings (SSSR count). The SMILES string of the molecule is COC(=O)c1ccc(C(=O)OC)c(NC(=O)CCCOc2ccc(Cl)cc2C)c1.